The summed E-state index contributed by atoms with van der Waals surface area (Å²) >= 11 is 0. The highest BCUT2D eigenvalue weighted by Gasteiger charge is 2.20. The maximum Gasteiger partial charge on any atom is 0.309 e. The number of rotatable bonds is 25. The number of ether oxygens (including phenoxy) is 5. The summed E-state index contributed by atoms with van der Waals surface area (Å²) < 4.78 is 28.9. The number of aliphatic carboxylic acids is 2. The first-order valence-electron chi connectivity index (χ1n) is 35.3. The summed E-state index contributed by atoms with van der Waals surface area (Å²) in [7, 11) is 1.00. The van der Waals surface area contributed by atoms with Crippen molar-refractivity contribution in [3.8, 4) is 24.7 Å². The molecule has 24 nitrogen and oxygen atoms in total. The largest absolute Gasteiger partial charge is 0.481 e. The van der Waals surface area contributed by atoms with Crippen LogP contribution in [0.5, 0.6) is 0 Å². The number of esters is 4. The van der Waals surface area contributed by atoms with Gasteiger partial charge in [-0.3, -0.25) is 28.8 Å². The normalized spacial score (nSPS) is 12.4. The van der Waals surface area contributed by atoms with Gasteiger partial charge in [-0.2, -0.15) is 15.4 Å². The Labute approximate surface area is 630 Å². The number of benzene rings is 6. The van der Waals surface area contributed by atoms with Crippen molar-refractivity contribution in [2.24, 2.45) is 29.6 Å². The van der Waals surface area contributed by atoms with Gasteiger partial charge < -0.3 is 44.1 Å². The highest BCUT2D eigenvalue weighted by Crippen LogP contribution is 2.15. The molecule has 0 spiro atoms. The Hall–Kier alpha value is -11.4. The average Bonchev–Trinajstić information content (AvgIpc) is 1.76. The van der Waals surface area contributed by atoms with E-state index in [-0.39, 0.29) is 41.6 Å². The Morgan fingerprint density at radius 2 is 0.804 bits per heavy atom. The summed E-state index contributed by atoms with van der Waals surface area (Å²) in [4.78, 5) is 66.4. The number of carbonyl (C=O) groups excluding carboxylic acids is 4. The molecule has 6 aromatic carbocycles. The van der Waals surface area contributed by atoms with E-state index in [1.54, 1.807) is 30.1 Å². The van der Waals surface area contributed by atoms with E-state index in [2.05, 4.69) is 47.9 Å². The number of aliphatic hydroxyl groups excluding tert-OH is 2. The topological polar surface area (TPSA) is 332 Å². The molecule has 9 aromatic rings. The van der Waals surface area contributed by atoms with Gasteiger partial charge in [0.05, 0.1) is 66.0 Å². The van der Waals surface area contributed by atoms with Crippen molar-refractivity contribution in [3.63, 3.8) is 0 Å². The van der Waals surface area contributed by atoms with Crippen LogP contribution in [0.25, 0.3) is 0 Å². The first-order chi connectivity index (χ1) is 51.7. The summed E-state index contributed by atoms with van der Waals surface area (Å²) in [5.74, 6) is 0.602. The molecule has 107 heavy (non-hydrogen) atoms. The van der Waals surface area contributed by atoms with E-state index < -0.39 is 30.1 Å². The molecule has 5 N–H and O–H groups in total. The van der Waals surface area contributed by atoms with Gasteiger partial charge in [-0.1, -0.05) is 255 Å². The molecule has 10 rings (SSSR count). The number of aromatic nitrogens is 9. The molecule has 0 radical (unpaired) electrons. The lowest BCUT2D eigenvalue weighted by Crippen LogP contribution is -2.17. The third kappa shape index (κ3) is 44.7. The van der Waals surface area contributed by atoms with Gasteiger partial charge in [0.1, 0.15) is 26.4 Å². The Kier molecular flexibility index (Phi) is 51.5. The molecular formula is C83H107N9O15. The van der Waals surface area contributed by atoms with Crippen molar-refractivity contribution < 1.29 is 72.9 Å². The molecule has 1 aliphatic rings. The fraction of sp³-hybridized carbons (Fsp3) is 0.373. The quantitative estimate of drug-likeness (QED) is 0.0202. The van der Waals surface area contributed by atoms with Crippen molar-refractivity contribution in [1.82, 2.24) is 45.4 Å². The van der Waals surface area contributed by atoms with Gasteiger partial charge in [0.25, 0.3) is 0 Å². The van der Waals surface area contributed by atoms with E-state index in [4.69, 9.17) is 57.0 Å². The van der Waals surface area contributed by atoms with Crippen molar-refractivity contribution in [2.45, 2.75) is 160 Å². The van der Waals surface area contributed by atoms with Crippen LogP contribution in [0.2, 0.25) is 0 Å². The highest BCUT2D eigenvalue weighted by molar-refractivity contribution is 5.73. The van der Waals surface area contributed by atoms with E-state index in [9.17, 15) is 28.8 Å². The van der Waals surface area contributed by atoms with Gasteiger partial charge in [-0.15, -0.1) is 34.9 Å². The maximum atomic E-state index is 12.1. The Morgan fingerprint density at radius 1 is 0.486 bits per heavy atom. The van der Waals surface area contributed by atoms with E-state index in [1.807, 2.05) is 236 Å². The number of terminal acetylenes is 2. The third-order valence-electron chi connectivity index (χ3n) is 14.3. The lowest BCUT2D eigenvalue weighted by Gasteiger charge is -2.10. The molecular weight excluding hydrogens is 1360 g/mol. The van der Waals surface area contributed by atoms with Crippen LogP contribution in [0, 0.1) is 54.3 Å². The lowest BCUT2D eigenvalue weighted by molar-refractivity contribution is -0.150. The molecule has 3 aromatic heterocycles. The summed E-state index contributed by atoms with van der Waals surface area (Å²) in [6.45, 7) is 21.4. The lowest BCUT2D eigenvalue weighted by atomic mass is 10.1. The third-order valence-corrected chi connectivity index (χ3v) is 14.3. The van der Waals surface area contributed by atoms with Crippen LogP contribution >= 0.6 is 0 Å². The average molecular weight is 1470 g/mol. The van der Waals surface area contributed by atoms with Gasteiger partial charge in [0.15, 0.2) is 6.29 Å². The zero-order valence-corrected chi connectivity index (χ0v) is 63.4. The summed E-state index contributed by atoms with van der Waals surface area (Å²) in [5.41, 5.74) is 8.55. The van der Waals surface area contributed by atoms with Crippen molar-refractivity contribution in [1.29, 1.82) is 0 Å². The second-order valence-electron chi connectivity index (χ2n) is 23.4. The Morgan fingerprint density at radius 3 is 1.07 bits per heavy atom. The number of carbonyl (C=O) groups is 6. The standard InChI is InChI=1S/2C20H21N3O2.C13H14O2.C9H10O2.C6H9N3O2.C6H8O2.C4H8O2.2C2H6.CH4O/c2*1-16(20(24)25-15-18-10-6-3-7-11-18)12-19-14-23(22-21-19)13-17-8-4-2-5-9-17;1-3-7-11(2)13(14)15-10-12-8-5-4-6-9-12;1-8(10)11-7-9-5-3-2-4-6-9;1-4(6(10)11)2-5-3-7-9-8-5;1-3-4-5(2)6(7)8;5-4-2-1-3-6-4;3*1-2/h2*2-11,14,16H,12-13,15H2,1H3;1,4-6,8-9,11H,7,10H2,2H3;2-6H,7H2,1H3;3-4H,2H2,1H3,(H,10,11)(H,7,8,9);1,5H,4H2,2H3,(H,7,8);4-5H,1-3H2;2*1-2H3;2H,1H3/t2*16-;11-;;4-;5-;;;;/m000.00..../s1. The number of hydrogen-bond acceptors (Lipinski definition) is 19. The van der Waals surface area contributed by atoms with E-state index in [0.29, 0.717) is 77.3 Å². The monoisotopic (exact) mass is 1470 g/mol. The van der Waals surface area contributed by atoms with Gasteiger partial charge in [0, 0.05) is 71.6 Å². The van der Waals surface area contributed by atoms with E-state index in [1.165, 1.54) is 13.1 Å². The predicted molar refractivity (Wildman–Crippen MR) is 409 cm³/mol. The highest BCUT2D eigenvalue weighted by atomic mass is 16.6. The molecule has 0 saturated carbocycles. The zero-order valence-electron chi connectivity index (χ0n) is 63.4. The predicted octanol–water partition coefficient (Wildman–Crippen LogP) is 13.2. The number of nitrogens with zero attached hydrogens (tertiary/aromatic N) is 8. The minimum absolute atomic E-state index is 0.221. The second kappa shape index (κ2) is 58.9. The molecule has 0 bridgehead atoms. The number of hydrogen-bond donors (Lipinski definition) is 5. The minimum Gasteiger partial charge on any atom is -0.481 e. The van der Waals surface area contributed by atoms with Crippen LogP contribution in [-0.4, -0.2) is 122 Å². The van der Waals surface area contributed by atoms with Crippen LogP contribution < -0.4 is 0 Å². The van der Waals surface area contributed by atoms with Crippen LogP contribution in [0.15, 0.2) is 201 Å². The van der Waals surface area contributed by atoms with Crippen molar-refractivity contribution in [3.05, 3.63) is 251 Å². The van der Waals surface area contributed by atoms with Crippen molar-refractivity contribution >= 4 is 35.8 Å². The molecule has 6 atom stereocenters. The molecule has 0 amide bonds. The molecule has 4 heterocycles. The Bertz CT molecular complexity index is 3710. The van der Waals surface area contributed by atoms with Crippen LogP contribution in [0.3, 0.4) is 0 Å². The van der Waals surface area contributed by atoms with Crippen molar-refractivity contribution in [2.75, 3.05) is 13.7 Å². The number of nitrogens with one attached hydrogen (secondary N) is 1. The SMILES string of the molecule is C#CC[C@H](C)C(=O)O.C#CC[C@H](C)C(=O)OCc1ccccc1.CC.CC.CC(=O)OCc1ccccc1.CO.C[C@@H](Cc1cn(Cc2ccccc2)nn1)C(=O)OCc1ccccc1.C[C@@H](Cc1cn(Cc2ccccc2)nn1)C(=O)OCc1ccccc1.C[C@@H](Cc1cn[nH]n1)C(=O)O.OC1CCCO1. The fourth-order valence-electron chi connectivity index (χ4n) is 8.54. The summed E-state index contributed by atoms with van der Waals surface area (Å²) in [6, 6.07) is 58.7. The van der Waals surface area contributed by atoms with Crippen LogP contribution in [0.4, 0.5) is 0 Å². The molecule has 1 saturated heterocycles. The fourth-order valence-corrected chi connectivity index (χ4v) is 8.54. The number of aromatic amines is 1. The number of carboxylic acid groups (broad SMARTS) is 2. The Balaban J connectivity index is 0.000000647. The van der Waals surface area contributed by atoms with Crippen LogP contribution in [0.1, 0.15) is 145 Å². The molecule has 1 fully saturated rings. The molecule has 574 valence electrons. The van der Waals surface area contributed by atoms with Gasteiger partial charge >= 0.3 is 35.8 Å². The van der Waals surface area contributed by atoms with Gasteiger partial charge in [0.2, 0.25) is 0 Å². The summed E-state index contributed by atoms with van der Waals surface area (Å²) in [5, 5.41) is 58.6. The van der Waals surface area contributed by atoms with Gasteiger partial charge in [-0.05, 0) is 39.8 Å². The maximum absolute atomic E-state index is 12.1. The first kappa shape index (κ1) is 93.6. The van der Waals surface area contributed by atoms with Crippen LogP contribution in [-0.2, 0) is 111 Å². The number of aliphatic hydroxyl groups is 2. The molecule has 1 unspecified atom stereocenters. The molecule has 24 heteroatoms. The smallest absolute Gasteiger partial charge is 0.309 e. The first-order valence-corrected chi connectivity index (χ1v) is 35.3. The van der Waals surface area contributed by atoms with E-state index >= 15 is 0 Å². The summed E-state index contributed by atoms with van der Waals surface area (Å²) in [6.07, 6.45) is 18.8. The van der Waals surface area contributed by atoms with Gasteiger partial charge in [-0.25, -0.2) is 9.36 Å². The zero-order chi connectivity index (χ0) is 79.4. The molecule has 0 aliphatic carbocycles. The number of H-pyrrole nitrogens is 1. The second-order valence-corrected chi connectivity index (χ2v) is 23.4. The van der Waals surface area contributed by atoms with E-state index in [0.717, 1.165) is 71.3 Å². The minimum atomic E-state index is -0.831. The molecule has 1 aliphatic heterocycles. The number of carboxylic acids is 2.